The van der Waals surface area contributed by atoms with E-state index in [0.717, 1.165) is 20.0 Å². The molecular formula is C21H25N3O3S2. The molecule has 0 saturated heterocycles. The second-order valence-electron chi connectivity index (χ2n) is 7.07. The highest BCUT2D eigenvalue weighted by Crippen LogP contribution is 2.23. The molecule has 6 nitrogen and oxygen atoms in total. The Balaban J connectivity index is 1.66. The van der Waals surface area contributed by atoms with Crippen molar-refractivity contribution in [3.63, 3.8) is 0 Å². The minimum atomic E-state index is -3.76. The van der Waals surface area contributed by atoms with Gasteiger partial charge >= 0.3 is 0 Å². The van der Waals surface area contributed by atoms with Crippen LogP contribution in [0.1, 0.15) is 10.9 Å². The molecule has 8 heteroatoms. The molecule has 0 aliphatic rings. The number of carbonyl (C=O) groups is 1. The van der Waals surface area contributed by atoms with E-state index in [0.29, 0.717) is 6.54 Å². The van der Waals surface area contributed by atoms with Crippen molar-refractivity contribution < 1.29 is 13.2 Å². The highest BCUT2D eigenvalue weighted by Gasteiger charge is 2.24. The maximum absolute atomic E-state index is 12.9. The summed E-state index contributed by atoms with van der Waals surface area (Å²) in [6.45, 7) is 0.177. The van der Waals surface area contributed by atoms with Gasteiger partial charge in [0.05, 0.1) is 17.5 Å². The van der Waals surface area contributed by atoms with E-state index in [1.54, 1.807) is 29.5 Å². The van der Waals surface area contributed by atoms with E-state index in [4.69, 9.17) is 0 Å². The van der Waals surface area contributed by atoms with Crippen LogP contribution in [-0.2, 0) is 14.8 Å². The maximum atomic E-state index is 12.9. The number of hydrogen-bond acceptors (Lipinski definition) is 5. The van der Waals surface area contributed by atoms with Gasteiger partial charge in [0.2, 0.25) is 15.9 Å². The molecule has 2 aromatic carbocycles. The largest absolute Gasteiger partial charge is 0.353 e. The van der Waals surface area contributed by atoms with Crippen LogP contribution in [0, 0.1) is 0 Å². The molecule has 0 aliphatic heterocycles. The lowest BCUT2D eigenvalue weighted by Gasteiger charge is -2.24. The minimum absolute atomic E-state index is 0.0429. The van der Waals surface area contributed by atoms with E-state index in [9.17, 15) is 13.2 Å². The average molecular weight is 432 g/mol. The Kier molecular flexibility index (Phi) is 6.69. The smallest absolute Gasteiger partial charge is 0.243 e. The lowest BCUT2D eigenvalue weighted by atomic mass is 10.1. The number of nitrogens with one attached hydrogen (secondary N) is 1. The Bertz CT molecular complexity index is 1080. The van der Waals surface area contributed by atoms with Crippen molar-refractivity contribution >= 4 is 38.0 Å². The summed E-state index contributed by atoms with van der Waals surface area (Å²) >= 11 is 1.63. The van der Waals surface area contributed by atoms with Crippen LogP contribution < -0.4 is 5.32 Å². The highest BCUT2D eigenvalue weighted by molar-refractivity contribution is 7.89. The van der Waals surface area contributed by atoms with Gasteiger partial charge in [0.25, 0.3) is 0 Å². The van der Waals surface area contributed by atoms with Gasteiger partial charge in [0, 0.05) is 18.5 Å². The minimum Gasteiger partial charge on any atom is -0.353 e. The van der Waals surface area contributed by atoms with E-state index in [2.05, 4.69) is 5.32 Å². The first kappa shape index (κ1) is 21.4. The van der Waals surface area contributed by atoms with Crippen LogP contribution in [0.25, 0.3) is 10.8 Å². The topological polar surface area (TPSA) is 69.7 Å². The number of benzene rings is 2. The SMILES string of the molecule is CN(C)C(CNC(=O)CN(C)S(=O)(=O)c1ccc2ccccc2c1)c1cccs1. The zero-order valence-corrected chi connectivity index (χ0v) is 18.3. The third-order valence-electron chi connectivity index (χ3n) is 4.78. The molecule has 154 valence electrons. The van der Waals surface area contributed by atoms with Gasteiger partial charge in [-0.1, -0.05) is 36.4 Å². The predicted octanol–water partition coefficient (Wildman–Crippen LogP) is 2.94. The first-order chi connectivity index (χ1) is 13.8. The lowest BCUT2D eigenvalue weighted by molar-refractivity contribution is -0.121. The van der Waals surface area contributed by atoms with Crippen LogP contribution in [0.15, 0.2) is 64.9 Å². The van der Waals surface area contributed by atoms with Gasteiger partial charge in [0.15, 0.2) is 0 Å². The van der Waals surface area contributed by atoms with Gasteiger partial charge in [-0.25, -0.2) is 8.42 Å². The quantitative estimate of drug-likeness (QED) is 0.595. The molecule has 1 N–H and O–H groups in total. The van der Waals surface area contributed by atoms with Crippen LogP contribution in [-0.4, -0.2) is 57.8 Å². The van der Waals surface area contributed by atoms with Crippen LogP contribution in [0.4, 0.5) is 0 Å². The van der Waals surface area contributed by atoms with Crippen molar-refractivity contribution in [2.45, 2.75) is 10.9 Å². The van der Waals surface area contributed by atoms with E-state index in [1.807, 2.05) is 60.8 Å². The van der Waals surface area contributed by atoms with Gasteiger partial charge in [-0.2, -0.15) is 4.31 Å². The highest BCUT2D eigenvalue weighted by atomic mass is 32.2. The first-order valence-corrected chi connectivity index (χ1v) is 11.5. The number of amides is 1. The maximum Gasteiger partial charge on any atom is 0.243 e. The second kappa shape index (κ2) is 9.04. The summed E-state index contributed by atoms with van der Waals surface area (Å²) in [5.74, 6) is -0.333. The lowest BCUT2D eigenvalue weighted by Crippen LogP contribution is -2.41. The molecule has 0 spiro atoms. The molecule has 0 bridgehead atoms. The standard InChI is InChI=1S/C21H25N3O3S2/c1-23(2)19(20-9-6-12-28-20)14-22-21(25)15-24(3)29(26,27)18-11-10-16-7-4-5-8-17(16)13-18/h4-13,19H,14-15H2,1-3H3,(H,22,25). The summed E-state index contributed by atoms with van der Waals surface area (Å²) in [5.41, 5.74) is 0. The molecule has 1 unspecified atom stereocenters. The molecule has 0 saturated carbocycles. The van der Waals surface area contributed by atoms with Gasteiger partial charge < -0.3 is 10.2 Å². The van der Waals surface area contributed by atoms with Gasteiger partial charge in [-0.05, 0) is 48.4 Å². The molecule has 0 fully saturated rings. The zero-order chi connectivity index (χ0) is 21.0. The third kappa shape index (κ3) is 5.02. The number of rotatable bonds is 8. The normalized spacial score (nSPS) is 13.1. The molecular weight excluding hydrogens is 406 g/mol. The van der Waals surface area contributed by atoms with Crippen LogP contribution in [0.2, 0.25) is 0 Å². The summed E-state index contributed by atoms with van der Waals surface area (Å²) in [6, 6.07) is 16.6. The Morgan fingerprint density at radius 1 is 1.03 bits per heavy atom. The van der Waals surface area contributed by atoms with Gasteiger partial charge in [-0.15, -0.1) is 11.3 Å². The number of nitrogens with zero attached hydrogens (tertiary/aromatic N) is 2. The number of sulfonamides is 1. The van der Waals surface area contributed by atoms with E-state index >= 15 is 0 Å². The van der Waals surface area contributed by atoms with Gasteiger partial charge in [0.1, 0.15) is 0 Å². The van der Waals surface area contributed by atoms with E-state index in [1.165, 1.54) is 7.05 Å². The second-order valence-corrected chi connectivity index (χ2v) is 10.1. The fourth-order valence-corrected chi connectivity index (χ4v) is 5.17. The van der Waals surface area contributed by atoms with E-state index < -0.39 is 10.0 Å². The number of carbonyl (C=O) groups excluding carboxylic acids is 1. The van der Waals surface area contributed by atoms with Crippen LogP contribution in [0.3, 0.4) is 0 Å². The van der Waals surface area contributed by atoms with Crippen LogP contribution >= 0.6 is 11.3 Å². The molecule has 0 radical (unpaired) electrons. The van der Waals surface area contributed by atoms with Crippen molar-refractivity contribution in [2.75, 3.05) is 34.2 Å². The van der Waals surface area contributed by atoms with Crippen molar-refractivity contribution in [3.05, 3.63) is 64.9 Å². The summed E-state index contributed by atoms with van der Waals surface area (Å²) in [6.07, 6.45) is 0. The third-order valence-corrected chi connectivity index (χ3v) is 7.56. The van der Waals surface area contributed by atoms with E-state index in [-0.39, 0.29) is 23.4 Å². The summed E-state index contributed by atoms with van der Waals surface area (Å²) in [7, 11) is 1.57. The monoisotopic (exact) mass is 431 g/mol. The van der Waals surface area contributed by atoms with Crippen molar-refractivity contribution in [3.8, 4) is 0 Å². The Morgan fingerprint density at radius 2 is 1.76 bits per heavy atom. The number of likely N-dealkylation sites (N-methyl/N-ethyl adjacent to an activating group) is 2. The van der Waals surface area contributed by atoms with Crippen molar-refractivity contribution in [1.29, 1.82) is 0 Å². The average Bonchev–Trinajstić information content (AvgIpc) is 3.21. The Morgan fingerprint density at radius 3 is 2.41 bits per heavy atom. The number of fused-ring (bicyclic) bond motifs is 1. The number of hydrogen-bond donors (Lipinski definition) is 1. The van der Waals surface area contributed by atoms with Crippen molar-refractivity contribution in [1.82, 2.24) is 14.5 Å². The van der Waals surface area contributed by atoms with Crippen LogP contribution in [0.5, 0.6) is 0 Å². The molecule has 1 aromatic heterocycles. The Labute approximate surface area is 175 Å². The van der Waals surface area contributed by atoms with Crippen molar-refractivity contribution in [2.24, 2.45) is 0 Å². The molecule has 29 heavy (non-hydrogen) atoms. The molecule has 3 rings (SSSR count). The number of thiophene rings is 1. The molecule has 1 heterocycles. The molecule has 1 atom stereocenters. The fourth-order valence-electron chi connectivity index (χ4n) is 3.08. The Hall–Kier alpha value is -2.26. The predicted molar refractivity (Wildman–Crippen MR) is 118 cm³/mol. The first-order valence-electron chi connectivity index (χ1n) is 9.20. The summed E-state index contributed by atoms with van der Waals surface area (Å²) in [5, 5.41) is 6.67. The molecule has 0 aliphatic carbocycles. The molecule has 1 amide bonds. The summed E-state index contributed by atoms with van der Waals surface area (Å²) in [4.78, 5) is 15.8. The zero-order valence-electron chi connectivity index (χ0n) is 16.7. The fraction of sp³-hybridized carbons (Fsp3) is 0.286. The van der Waals surface area contributed by atoms with Gasteiger partial charge in [-0.3, -0.25) is 4.79 Å². The molecule has 3 aromatic rings. The summed E-state index contributed by atoms with van der Waals surface area (Å²) < 4.78 is 26.9.